The van der Waals surface area contributed by atoms with Crippen LogP contribution in [0.2, 0.25) is 0 Å². The molecule has 0 aliphatic heterocycles. The summed E-state index contributed by atoms with van der Waals surface area (Å²) in [5.74, 6) is 0.538. The third-order valence-electron chi connectivity index (χ3n) is 2.97. The van der Waals surface area contributed by atoms with Gasteiger partial charge in [-0.3, -0.25) is 0 Å². The standard InChI is InChI=1S/C11H18N2O2.C2H5.Y/c1-6(7(2)11(14)12-5)10-8(3)9(4)13-15-10;1-2;/h6-7H,1-5H3,(H,12,14);1H2,2H3;/q;-1;/p-1. The third kappa shape index (κ3) is 4.81. The first-order chi connectivity index (χ1) is 7.99. The van der Waals surface area contributed by atoms with Crippen molar-refractivity contribution >= 4 is 5.91 Å². The van der Waals surface area contributed by atoms with Crippen molar-refractivity contribution in [3.05, 3.63) is 29.3 Å². The summed E-state index contributed by atoms with van der Waals surface area (Å²) in [7, 11) is 1.52. The summed E-state index contributed by atoms with van der Waals surface area (Å²) in [4.78, 5) is 11.4. The SMILES string of the molecule is C[N-]C(=O)C(C)C(C)c1onc(C)c1C.[CH2-]C.[Y]. The topological polar surface area (TPSA) is 57.2 Å². The van der Waals surface area contributed by atoms with Crippen LogP contribution in [0.1, 0.15) is 43.7 Å². The van der Waals surface area contributed by atoms with E-state index in [2.05, 4.69) is 17.4 Å². The summed E-state index contributed by atoms with van der Waals surface area (Å²) in [6.07, 6.45) is 0. The van der Waals surface area contributed by atoms with Crippen molar-refractivity contribution < 1.29 is 42.0 Å². The van der Waals surface area contributed by atoms with Crippen molar-refractivity contribution in [3.63, 3.8) is 0 Å². The van der Waals surface area contributed by atoms with Crippen LogP contribution in [0.3, 0.4) is 0 Å². The van der Waals surface area contributed by atoms with Crippen LogP contribution in [-0.4, -0.2) is 18.1 Å². The van der Waals surface area contributed by atoms with Gasteiger partial charge in [-0.05, 0) is 13.8 Å². The van der Waals surface area contributed by atoms with Gasteiger partial charge in [-0.2, -0.15) is 6.92 Å². The van der Waals surface area contributed by atoms with Gasteiger partial charge in [0.1, 0.15) is 5.76 Å². The Morgan fingerprint density at radius 1 is 1.33 bits per heavy atom. The zero-order valence-electron chi connectivity index (χ0n) is 12.2. The molecule has 0 aliphatic carbocycles. The Bertz CT molecular complexity index is 364. The number of carbonyl (C=O) groups is 1. The van der Waals surface area contributed by atoms with E-state index in [1.807, 2.05) is 27.7 Å². The van der Waals surface area contributed by atoms with Crippen LogP contribution >= 0.6 is 0 Å². The Balaban J connectivity index is 0. The van der Waals surface area contributed by atoms with E-state index in [-0.39, 0.29) is 50.5 Å². The largest absolute Gasteiger partial charge is 0.656 e. The number of carbonyl (C=O) groups excluding carboxylic acids is 1. The Morgan fingerprint density at radius 2 is 1.83 bits per heavy atom. The normalized spacial score (nSPS) is 12.6. The van der Waals surface area contributed by atoms with Crippen molar-refractivity contribution in [2.45, 2.75) is 40.5 Å². The molecule has 0 N–H and O–H groups in total. The fraction of sp³-hybridized carbons (Fsp3) is 0.615. The van der Waals surface area contributed by atoms with Crippen LogP contribution in [0.15, 0.2) is 4.52 Å². The van der Waals surface area contributed by atoms with Crippen LogP contribution in [0.25, 0.3) is 5.32 Å². The summed E-state index contributed by atoms with van der Waals surface area (Å²) in [6.45, 7) is 12.7. The predicted octanol–water partition coefficient (Wildman–Crippen LogP) is 3.40. The minimum Gasteiger partial charge on any atom is -0.656 e. The quantitative estimate of drug-likeness (QED) is 0.800. The average molecular weight is 327 g/mol. The molecule has 4 nitrogen and oxygen atoms in total. The van der Waals surface area contributed by atoms with E-state index < -0.39 is 0 Å². The Hall–Kier alpha value is -0.216. The minimum atomic E-state index is -0.166. The second-order valence-electron chi connectivity index (χ2n) is 3.90. The van der Waals surface area contributed by atoms with Crippen molar-refractivity contribution in [3.8, 4) is 0 Å². The maximum Gasteiger partial charge on any atom is 0.143 e. The number of rotatable bonds is 3. The predicted molar refractivity (Wildman–Crippen MR) is 68.9 cm³/mol. The van der Waals surface area contributed by atoms with Crippen LogP contribution in [0, 0.1) is 26.7 Å². The van der Waals surface area contributed by atoms with E-state index in [1.165, 1.54) is 7.05 Å². The molecule has 1 aromatic rings. The molecular formula is C13H22N2O2Y-2. The molecule has 0 saturated carbocycles. The molecule has 1 amide bonds. The van der Waals surface area contributed by atoms with Gasteiger partial charge in [-0.1, -0.05) is 19.0 Å². The van der Waals surface area contributed by atoms with Gasteiger partial charge >= 0.3 is 0 Å². The Morgan fingerprint density at radius 3 is 2.17 bits per heavy atom. The summed E-state index contributed by atoms with van der Waals surface area (Å²) in [5.41, 5.74) is 1.91. The van der Waals surface area contributed by atoms with Gasteiger partial charge in [0.05, 0.1) is 11.6 Å². The summed E-state index contributed by atoms with van der Waals surface area (Å²) in [5, 5.41) is 7.56. The van der Waals surface area contributed by atoms with Crippen LogP contribution in [-0.2, 0) is 37.5 Å². The van der Waals surface area contributed by atoms with E-state index in [0.29, 0.717) is 0 Å². The molecule has 2 unspecified atom stereocenters. The number of nitrogens with zero attached hydrogens (tertiary/aromatic N) is 2. The maximum absolute atomic E-state index is 11.4. The van der Waals surface area contributed by atoms with Gasteiger partial charge < -0.3 is 21.6 Å². The molecule has 18 heavy (non-hydrogen) atoms. The van der Waals surface area contributed by atoms with Crippen molar-refractivity contribution in [1.82, 2.24) is 5.16 Å². The second-order valence-corrected chi connectivity index (χ2v) is 3.90. The molecular weight excluding hydrogens is 305 g/mol. The molecule has 1 rings (SSSR count). The van der Waals surface area contributed by atoms with E-state index in [4.69, 9.17) is 4.52 Å². The average Bonchev–Trinajstić information content (AvgIpc) is 2.69. The molecule has 5 heteroatoms. The first kappa shape index (κ1) is 20.1. The fourth-order valence-corrected chi connectivity index (χ4v) is 1.50. The van der Waals surface area contributed by atoms with Crippen molar-refractivity contribution in [1.29, 1.82) is 0 Å². The van der Waals surface area contributed by atoms with Crippen LogP contribution in [0.4, 0.5) is 0 Å². The van der Waals surface area contributed by atoms with Gasteiger partial charge in [-0.15, -0.1) is 7.05 Å². The summed E-state index contributed by atoms with van der Waals surface area (Å²) < 4.78 is 5.23. The molecule has 0 aromatic carbocycles. The number of amides is 1. The molecule has 0 bridgehead atoms. The van der Waals surface area contributed by atoms with E-state index in [9.17, 15) is 4.79 Å². The van der Waals surface area contributed by atoms with Crippen LogP contribution in [0.5, 0.6) is 0 Å². The smallest absolute Gasteiger partial charge is 0.143 e. The molecule has 1 radical (unpaired) electrons. The number of hydrogen-bond donors (Lipinski definition) is 0. The Labute approximate surface area is 135 Å². The van der Waals surface area contributed by atoms with Gasteiger partial charge in [0.15, 0.2) is 0 Å². The summed E-state index contributed by atoms with van der Waals surface area (Å²) >= 11 is 0. The maximum atomic E-state index is 11.4. The molecule has 0 aliphatic rings. The molecule has 0 spiro atoms. The molecule has 1 aromatic heterocycles. The van der Waals surface area contributed by atoms with Crippen molar-refractivity contribution in [2.75, 3.05) is 7.05 Å². The zero-order valence-corrected chi connectivity index (χ0v) is 15.0. The molecule has 2 atom stereocenters. The minimum absolute atomic E-state index is 0. The first-order valence-electron chi connectivity index (χ1n) is 5.76. The van der Waals surface area contributed by atoms with Gasteiger partial charge in [0.25, 0.3) is 0 Å². The first-order valence-corrected chi connectivity index (χ1v) is 5.76. The Kier molecular flexibility index (Phi) is 10.8. The fourth-order valence-electron chi connectivity index (χ4n) is 1.50. The third-order valence-corrected chi connectivity index (χ3v) is 2.97. The number of hydrogen-bond acceptors (Lipinski definition) is 3. The van der Waals surface area contributed by atoms with Crippen LogP contribution < -0.4 is 0 Å². The summed E-state index contributed by atoms with van der Waals surface area (Å²) in [6, 6.07) is 0. The molecule has 0 saturated heterocycles. The molecule has 0 fully saturated rings. The van der Waals surface area contributed by atoms with Gasteiger partial charge in [-0.25, -0.2) is 0 Å². The van der Waals surface area contributed by atoms with Gasteiger partial charge in [0.2, 0.25) is 0 Å². The van der Waals surface area contributed by atoms with E-state index in [0.717, 1.165) is 17.0 Å². The van der Waals surface area contributed by atoms with E-state index in [1.54, 1.807) is 6.92 Å². The monoisotopic (exact) mass is 327 g/mol. The second kappa shape index (κ2) is 9.68. The zero-order chi connectivity index (χ0) is 13.6. The van der Waals surface area contributed by atoms with Crippen molar-refractivity contribution in [2.24, 2.45) is 5.92 Å². The molecule has 1 heterocycles. The van der Waals surface area contributed by atoms with E-state index >= 15 is 0 Å². The van der Waals surface area contributed by atoms with Gasteiger partial charge in [0, 0.05) is 50.1 Å². The molecule has 101 valence electrons. The number of aryl methyl sites for hydroxylation is 1. The number of aromatic nitrogens is 1.